The molecule has 1 atom stereocenters. The summed E-state index contributed by atoms with van der Waals surface area (Å²) in [5.74, 6) is 0.201. The van der Waals surface area contributed by atoms with Crippen LogP contribution in [0.5, 0.6) is 5.75 Å². The summed E-state index contributed by atoms with van der Waals surface area (Å²) in [6.07, 6.45) is 3.00. The minimum Gasteiger partial charge on any atom is -0.508 e. The molecular weight excluding hydrogens is 362 g/mol. The number of aromatic amines is 1. The van der Waals surface area contributed by atoms with Crippen LogP contribution < -0.4 is 10.9 Å². The van der Waals surface area contributed by atoms with Gasteiger partial charge in [0.2, 0.25) is 0 Å². The van der Waals surface area contributed by atoms with Crippen LogP contribution in [0.3, 0.4) is 0 Å². The fraction of sp³-hybridized carbons (Fsp3) is 0.350. The number of thioether (sulfide) groups is 1. The molecule has 0 amide bonds. The van der Waals surface area contributed by atoms with E-state index in [0.717, 1.165) is 11.3 Å². The maximum atomic E-state index is 13.1. The zero-order valence-electron chi connectivity index (χ0n) is 15.4. The van der Waals surface area contributed by atoms with Gasteiger partial charge < -0.3 is 15.4 Å². The number of phenolic OH excluding ortho intramolecular Hbond substituents is 1. The first-order valence-corrected chi connectivity index (χ1v) is 10.0. The number of ketones is 1. The second kappa shape index (κ2) is 6.27. The Labute approximate surface area is 161 Å². The normalized spacial score (nSPS) is 20.7. The van der Waals surface area contributed by atoms with Crippen LogP contribution in [0.4, 0.5) is 5.82 Å². The highest BCUT2D eigenvalue weighted by Gasteiger charge is 2.42. The zero-order valence-corrected chi connectivity index (χ0v) is 16.2. The minimum atomic E-state index is -0.493. The highest BCUT2D eigenvalue weighted by atomic mass is 32.2. The maximum Gasteiger partial charge on any atom is 0.257 e. The minimum absolute atomic E-state index is 0.0471. The van der Waals surface area contributed by atoms with E-state index in [4.69, 9.17) is 0 Å². The van der Waals surface area contributed by atoms with Crippen molar-refractivity contribution in [2.75, 3.05) is 11.6 Å². The third kappa shape index (κ3) is 3.06. The Balaban J connectivity index is 1.97. The number of nitrogens with zero attached hydrogens (tertiary/aromatic N) is 1. The summed E-state index contributed by atoms with van der Waals surface area (Å²) < 4.78 is 0. The molecule has 1 aromatic carbocycles. The Kier molecular flexibility index (Phi) is 4.14. The lowest BCUT2D eigenvalue weighted by atomic mass is 9.69. The number of carbonyl (C=O) groups is 1. The Morgan fingerprint density at radius 3 is 2.56 bits per heavy atom. The fourth-order valence-electron chi connectivity index (χ4n) is 3.99. The van der Waals surface area contributed by atoms with Crippen LogP contribution in [-0.2, 0) is 4.79 Å². The molecule has 0 radical (unpaired) electrons. The molecule has 27 heavy (non-hydrogen) atoms. The van der Waals surface area contributed by atoms with Gasteiger partial charge in [0, 0.05) is 23.6 Å². The smallest absolute Gasteiger partial charge is 0.257 e. The van der Waals surface area contributed by atoms with Gasteiger partial charge >= 0.3 is 0 Å². The number of aromatic hydroxyl groups is 1. The van der Waals surface area contributed by atoms with Crippen LogP contribution in [0, 0.1) is 5.41 Å². The first-order valence-electron chi connectivity index (χ1n) is 8.79. The number of allylic oxidation sites excluding steroid dienone is 2. The molecule has 2 aromatic rings. The number of carbonyl (C=O) groups excluding carboxylic acids is 1. The van der Waals surface area contributed by atoms with Gasteiger partial charge in [-0.15, -0.1) is 0 Å². The van der Waals surface area contributed by atoms with E-state index in [2.05, 4.69) is 29.1 Å². The van der Waals surface area contributed by atoms with Crippen LogP contribution in [0.25, 0.3) is 0 Å². The Hall–Kier alpha value is -2.54. The van der Waals surface area contributed by atoms with Crippen LogP contribution in [-0.4, -0.2) is 27.1 Å². The van der Waals surface area contributed by atoms with Gasteiger partial charge in [-0.05, 0) is 35.8 Å². The van der Waals surface area contributed by atoms with Crippen molar-refractivity contribution in [2.45, 2.75) is 37.8 Å². The SMILES string of the molecule is CSc1nc2c(c(=O)[nH]1)C(c1ccc(O)cc1)C1=C(CC(C)(C)CC1=O)N2. The molecule has 2 heterocycles. The number of anilines is 1. The van der Waals surface area contributed by atoms with E-state index in [0.29, 0.717) is 35.0 Å². The number of rotatable bonds is 2. The summed E-state index contributed by atoms with van der Waals surface area (Å²) in [4.78, 5) is 33.3. The van der Waals surface area contributed by atoms with Crippen LogP contribution in [0.1, 0.15) is 43.7 Å². The number of Topliss-reactive ketones (excluding diaryl/α,β-unsaturated/α-hetero) is 1. The topological polar surface area (TPSA) is 95.1 Å². The number of fused-ring (bicyclic) bond motifs is 1. The molecule has 1 aliphatic heterocycles. The van der Waals surface area contributed by atoms with Crippen molar-refractivity contribution in [3.8, 4) is 5.75 Å². The number of phenols is 1. The summed E-state index contributed by atoms with van der Waals surface area (Å²) in [5, 5.41) is 13.5. The van der Waals surface area contributed by atoms with Gasteiger partial charge in [-0.1, -0.05) is 37.7 Å². The van der Waals surface area contributed by atoms with E-state index in [1.165, 1.54) is 11.8 Å². The van der Waals surface area contributed by atoms with E-state index in [1.54, 1.807) is 24.3 Å². The number of hydrogen-bond donors (Lipinski definition) is 3. The van der Waals surface area contributed by atoms with E-state index >= 15 is 0 Å². The van der Waals surface area contributed by atoms with Gasteiger partial charge in [-0.2, -0.15) is 0 Å². The third-order valence-corrected chi connectivity index (χ3v) is 5.70. The molecule has 2 aliphatic rings. The van der Waals surface area contributed by atoms with Crippen LogP contribution >= 0.6 is 11.8 Å². The zero-order chi connectivity index (χ0) is 19.3. The van der Waals surface area contributed by atoms with Crippen molar-refractivity contribution in [2.24, 2.45) is 5.41 Å². The van der Waals surface area contributed by atoms with Crippen molar-refractivity contribution >= 4 is 23.4 Å². The second-order valence-electron chi connectivity index (χ2n) is 7.82. The summed E-state index contributed by atoms with van der Waals surface area (Å²) in [5.41, 5.74) is 2.32. The molecule has 0 saturated heterocycles. The molecule has 1 unspecified atom stereocenters. The first-order chi connectivity index (χ1) is 12.8. The standard InChI is InChI=1S/C20H21N3O3S/c1-20(2)8-12-15(13(25)9-20)14(10-4-6-11(24)7-5-10)16-17(21-12)22-19(27-3)23-18(16)26/h4-7,14,24H,8-9H2,1-3H3,(H2,21,22,23,26). The molecule has 1 aromatic heterocycles. The van der Waals surface area contributed by atoms with Gasteiger partial charge in [0.15, 0.2) is 10.9 Å². The van der Waals surface area contributed by atoms with Crippen molar-refractivity contribution in [1.29, 1.82) is 0 Å². The summed E-state index contributed by atoms with van der Waals surface area (Å²) in [6, 6.07) is 6.67. The van der Waals surface area contributed by atoms with Gasteiger partial charge in [-0.25, -0.2) is 4.98 Å². The van der Waals surface area contributed by atoms with Crippen molar-refractivity contribution in [3.05, 3.63) is 57.0 Å². The predicted octanol–water partition coefficient (Wildman–Crippen LogP) is 3.40. The lowest BCUT2D eigenvalue weighted by Crippen LogP contribution is -2.37. The largest absolute Gasteiger partial charge is 0.508 e. The third-order valence-electron chi connectivity index (χ3n) is 5.12. The maximum absolute atomic E-state index is 13.1. The van der Waals surface area contributed by atoms with Gasteiger partial charge in [0.05, 0.1) is 5.56 Å². The Morgan fingerprint density at radius 2 is 1.89 bits per heavy atom. The van der Waals surface area contributed by atoms with Crippen molar-refractivity contribution < 1.29 is 9.90 Å². The fourth-order valence-corrected chi connectivity index (χ4v) is 4.37. The number of aromatic nitrogens is 2. The molecule has 1 aliphatic carbocycles. The van der Waals surface area contributed by atoms with E-state index in [9.17, 15) is 14.7 Å². The summed E-state index contributed by atoms with van der Waals surface area (Å²) in [6.45, 7) is 4.14. The average Bonchev–Trinajstić information content (AvgIpc) is 2.59. The Bertz CT molecular complexity index is 1020. The lowest BCUT2D eigenvalue weighted by Gasteiger charge is -2.38. The summed E-state index contributed by atoms with van der Waals surface area (Å²) >= 11 is 1.36. The first kappa shape index (κ1) is 17.9. The molecule has 0 bridgehead atoms. The van der Waals surface area contributed by atoms with E-state index < -0.39 is 5.92 Å². The number of benzene rings is 1. The molecule has 7 heteroatoms. The van der Waals surface area contributed by atoms with Gasteiger partial charge in [0.1, 0.15) is 11.6 Å². The monoisotopic (exact) mass is 383 g/mol. The van der Waals surface area contributed by atoms with Gasteiger partial charge in [-0.3, -0.25) is 9.59 Å². The molecule has 140 valence electrons. The average molecular weight is 383 g/mol. The second-order valence-corrected chi connectivity index (χ2v) is 8.62. The molecule has 0 saturated carbocycles. The Morgan fingerprint density at radius 1 is 1.19 bits per heavy atom. The molecule has 0 spiro atoms. The van der Waals surface area contributed by atoms with Crippen molar-refractivity contribution in [3.63, 3.8) is 0 Å². The highest BCUT2D eigenvalue weighted by Crippen LogP contribution is 2.47. The van der Waals surface area contributed by atoms with Crippen molar-refractivity contribution in [1.82, 2.24) is 9.97 Å². The van der Waals surface area contributed by atoms with Crippen LogP contribution in [0.15, 0.2) is 45.5 Å². The molecule has 6 nitrogen and oxygen atoms in total. The molecule has 3 N–H and O–H groups in total. The quantitative estimate of drug-likeness (QED) is 0.543. The van der Waals surface area contributed by atoms with E-state index in [-0.39, 0.29) is 22.5 Å². The van der Waals surface area contributed by atoms with Gasteiger partial charge in [0.25, 0.3) is 5.56 Å². The molecular formula is C20H21N3O3S. The molecule has 4 rings (SSSR count). The van der Waals surface area contributed by atoms with E-state index in [1.807, 2.05) is 6.26 Å². The number of hydrogen-bond acceptors (Lipinski definition) is 6. The molecule has 0 fully saturated rings. The lowest BCUT2D eigenvalue weighted by molar-refractivity contribution is -0.118. The van der Waals surface area contributed by atoms with Crippen LogP contribution in [0.2, 0.25) is 0 Å². The number of nitrogens with one attached hydrogen (secondary N) is 2. The predicted molar refractivity (Wildman–Crippen MR) is 105 cm³/mol. The summed E-state index contributed by atoms with van der Waals surface area (Å²) in [7, 11) is 0. The number of H-pyrrole nitrogens is 1. The highest BCUT2D eigenvalue weighted by molar-refractivity contribution is 7.98.